The Balaban J connectivity index is 0.000000219. The van der Waals surface area contributed by atoms with Crippen LogP contribution in [0.15, 0.2) is 42.5 Å². The molecular formula is C15H18N4O2. The molecule has 110 valence electrons. The van der Waals surface area contributed by atoms with Crippen LogP contribution in [0.2, 0.25) is 0 Å². The van der Waals surface area contributed by atoms with E-state index in [1.54, 1.807) is 12.1 Å². The number of hydrogen-bond acceptors (Lipinski definition) is 4. The van der Waals surface area contributed by atoms with E-state index in [0.29, 0.717) is 0 Å². The number of amides is 2. The monoisotopic (exact) mass is 286 g/mol. The lowest BCUT2D eigenvalue weighted by Gasteiger charge is -1.98. The average Bonchev–Trinajstić information content (AvgIpc) is 2.44. The van der Waals surface area contributed by atoms with Gasteiger partial charge in [-0.15, -0.1) is 0 Å². The van der Waals surface area contributed by atoms with Crippen molar-refractivity contribution in [3.05, 3.63) is 59.2 Å². The largest absolute Gasteiger partial charge is 0.399 e. The predicted molar refractivity (Wildman–Crippen MR) is 83.5 cm³/mol. The van der Waals surface area contributed by atoms with Crippen LogP contribution in [0.3, 0.4) is 0 Å². The first-order chi connectivity index (χ1) is 9.81. The molecule has 0 heterocycles. The summed E-state index contributed by atoms with van der Waals surface area (Å²) >= 11 is 0. The van der Waals surface area contributed by atoms with E-state index in [0.717, 1.165) is 16.9 Å². The molecule has 0 radical (unpaired) electrons. The van der Waals surface area contributed by atoms with Gasteiger partial charge in [-0.3, -0.25) is 9.59 Å². The number of benzene rings is 2. The van der Waals surface area contributed by atoms with Gasteiger partial charge in [0.1, 0.15) is 0 Å². The van der Waals surface area contributed by atoms with Crippen LogP contribution in [0.5, 0.6) is 0 Å². The summed E-state index contributed by atoms with van der Waals surface area (Å²) in [6, 6.07) is 11.5. The smallest absolute Gasteiger partial charge is 0.248 e. The Morgan fingerprint density at radius 2 is 1.38 bits per heavy atom. The van der Waals surface area contributed by atoms with Gasteiger partial charge in [0.15, 0.2) is 0 Å². The summed E-state index contributed by atoms with van der Waals surface area (Å²) in [6.07, 6.45) is 0. The maximum Gasteiger partial charge on any atom is 0.248 e. The number of aryl methyl sites for hydroxylation is 1. The Morgan fingerprint density at radius 1 is 0.857 bits per heavy atom. The number of hydrogen-bond donors (Lipinski definition) is 4. The van der Waals surface area contributed by atoms with Crippen LogP contribution < -0.4 is 22.9 Å². The summed E-state index contributed by atoms with van der Waals surface area (Å²) in [7, 11) is 0. The fourth-order valence-electron chi connectivity index (χ4n) is 1.48. The van der Waals surface area contributed by atoms with Crippen molar-refractivity contribution in [2.45, 2.75) is 6.92 Å². The zero-order valence-corrected chi connectivity index (χ0v) is 11.7. The number of nitrogen functional groups attached to an aromatic ring is 2. The highest BCUT2D eigenvalue weighted by Gasteiger charge is 2.03. The fourth-order valence-corrected chi connectivity index (χ4v) is 1.48. The fraction of sp³-hybridized carbons (Fsp3) is 0.0667. The Labute approximate surface area is 122 Å². The number of anilines is 2. The topological polar surface area (TPSA) is 138 Å². The highest BCUT2D eigenvalue weighted by molar-refractivity contribution is 5.98. The molecule has 2 rings (SSSR count). The maximum absolute atomic E-state index is 10.6. The molecule has 0 saturated heterocycles. The minimum absolute atomic E-state index is 0.284. The summed E-state index contributed by atoms with van der Waals surface area (Å²) < 4.78 is 0. The summed E-state index contributed by atoms with van der Waals surface area (Å²) in [5.74, 6) is -1.14. The second-order valence-corrected chi connectivity index (χ2v) is 4.43. The lowest BCUT2D eigenvalue weighted by atomic mass is 10.1. The molecular weight excluding hydrogens is 268 g/mol. The highest BCUT2D eigenvalue weighted by atomic mass is 16.1. The second-order valence-electron chi connectivity index (χ2n) is 4.43. The molecule has 0 fully saturated rings. The lowest BCUT2D eigenvalue weighted by molar-refractivity contribution is 0.0999. The average molecular weight is 286 g/mol. The predicted octanol–water partition coefficient (Wildman–Crippen LogP) is 1.04. The summed E-state index contributed by atoms with van der Waals surface area (Å²) in [5, 5.41) is 0. The Hall–Kier alpha value is -3.02. The molecule has 0 aliphatic heterocycles. The van der Waals surface area contributed by atoms with Gasteiger partial charge in [0, 0.05) is 22.5 Å². The van der Waals surface area contributed by atoms with Crippen molar-refractivity contribution < 1.29 is 9.59 Å². The molecule has 6 nitrogen and oxygen atoms in total. The number of nitrogens with two attached hydrogens (primary N) is 4. The number of rotatable bonds is 2. The van der Waals surface area contributed by atoms with Crippen molar-refractivity contribution in [3.63, 3.8) is 0 Å². The number of carbonyl (C=O) groups excluding carboxylic acids is 2. The van der Waals surface area contributed by atoms with Crippen molar-refractivity contribution in [2.75, 3.05) is 11.5 Å². The van der Waals surface area contributed by atoms with Crippen LogP contribution in [0.4, 0.5) is 11.4 Å². The van der Waals surface area contributed by atoms with E-state index in [2.05, 4.69) is 0 Å². The van der Waals surface area contributed by atoms with Crippen LogP contribution in [0, 0.1) is 6.92 Å². The molecule has 0 atom stereocenters. The summed E-state index contributed by atoms with van der Waals surface area (Å²) in [6.45, 7) is 1.95. The van der Waals surface area contributed by atoms with E-state index < -0.39 is 11.8 Å². The molecule has 0 aliphatic rings. The van der Waals surface area contributed by atoms with Crippen molar-refractivity contribution in [1.82, 2.24) is 0 Å². The number of primary amides is 2. The quantitative estimate of drug-likeness (QED) is 0.612. The standard InChI is InChI=1S/C8H8N2O2.C7H10N2/c9-7(11)5-2-1-3-6(4-5)8(10)12;1-5-2-3-6(8)4-7(5)9/h1-4H,(H2,9,11)(H2,10,12);2-4H,8-9H2,1H3. The SMILES string of the molecule is Cc1ccc(N)cc1N.NC(=O)c1cccc(C(N)=O)c1. The Bertz CT molecular complexity index is 639. The summed E-state index contributed by atoms with van der Waals surface area (Å²) in [5.41, 5.74) is 24.1. The minimum atomic E-state index is -0.571. The maximum atomic E-state index is 10.6. The molecule has 6 heteroatoms. The van der Waals surface area contributed by atoms with Gasteiger partial charge in [-0.1, -0.05) is 12.1 Å². The van der Waals surface area contributed by atoms with Crippen LogP contribution in [-0.4, -0.2) is 11.8 Å². The Kier molecular flexibility index (Phi) is 5.31. The third-order valence-electron chi connectivity index (χ3n) is 2.73. The molecule has 0 bridgehead atoms. The van der Waals surface area contributed by atoms with Crippen molar-refractivity contribution >= 4 is 23.2 Å². The highest BCUT2D eigenvalue weighted by Crippen LogP contribution is 2.13. The van der Waals surface area contributed by atoms with E-state index >= 15 is 0 Å². The molecule has 0 aliphatic carbocycles. The van der Waals surface area contributed by atoms with Crippen LogP contribution in [0.1, 0.15) is 26.3 Å². The molecule has 2 aromatic rings. The second kappa shape index (κ2) is 6.95. The Morgan fingerprint density at radius 3 is 1.76 bits per heavy atom. The van der Waals surface area contributed by atoms with Crippen molar-refractivity contribution in [2.24, 2.45) is 11.5 Å². The first-order valence-corrected chi connectivity index (χ1v) is 6.12. The zero-order valence-electron chi connectivity index (χ0n) is 11.7. The molecule has 8 N–H and O–H groups in total. The molecule has 0 unspecified atom stereocenters. The molecule has 0 aromatic heterocycles. The summed E-state index contributed by atoms with van der Waals surface area (Å²) in [4.78, 5) is 21.3. The van der Waals surface area contributed by atoms with Gasteiger partial charge in [0.05, 0.1) is 0 Å². The van der Waals surface area contributed by atoms with Gasteiger partial charge in [-0.25, -0.2) is 0 Å². The van der Waals surface area contributed by atoms with E-state index in [9.17, 15) is 9.59 Å². The lowest BCUT2D eigenvalue weighted by Crippen LogP contribution is -2.14. The van der Waals surface area contributed by atoms with Crippen LogP contribution >= 0.6 is 0 Å². The zero-order chi connectivity index (χ0) is 16.0. The third kappa shape index (κ3) is 4.87. The normalized spacial score (nSPS) is 9.38. The molecule has 21 heavy (non-hydrogen) atoms. The van der Waals surface area contributed by atoms with Crippen LogP contribution in [-0.2, 0) is 0 Å². The van der Waals surface area contributed by atoms with Crippen molar-refractivity contribution in [3.8, 4) is 0 Å². The first kappa shape index (κ1) is 16.0. The van der Waals surface area contributed by atoms with E-state index in [-0.39, 0.29) is 11.1 Å². The van der Waals surface area contributed by atoms with Gasteiger partial charge >= 0.3 is 0 Å². The molecule has 0 saturated carbocycles. The van der Waals surface area contributed by atoms with E-state index in [4.69, 9.17) is 22.9 Å². The van der Waals surface area contributed by atoms with Gasteiger partial charge < -0.3 is 22.9 Å². The van der Waals surface area contributed by atoms with Crippen LogP contribution in [0.25, 0.3) is 0 Å². The molecule has 2 aromatic carbocycles. The first-order valence-electron chi connectivity index (χ1n) is 6.12. The molecule has 0 spiro atoms. The van der Waals surface area contributed by atoms with Gasteiger partial charge in [0.2, 0.25) is 11.8 Å². The van der Waals surface area contributed by atoms with Crippen molar-refractivity contribution in [1.29, 1.82) is 0 Å². The van der Waals surface area contributed by atoms with Gasteiger partial charge in [-0.05, 0) is 42.8 Å². The van der Waals surface area contributed by atoms with E-state index in [1.807, 2.05) is 19.1 Å². The molecule has 2 amide bonds. The third-order valence-corrected chi connectivity index (χ3v) is 2.73. The van der Waals surface area contributed by atoms with Gasteiger partial charge in [-0.2, -0.15) is 0 Å². The minimum Gasteiger partial charge on any atom is -0.399 e. The van der Waals surface area contributed by atoms with E-state index in [1.165, 1.54) is 18.2 Å². The van der Waals surface area contributed by atoms with Gasteiger partial charge in [0.25, 0.3) is 0 Å². The number of carbonyl (C=O) groups is 2.